The Bertz CT molecular complexity index is 821. The zero-order chi connectivity index (χ0) is 19.0. The second-order valence-electron chi connectivity index (χ2n) is 6.25. The average molecular weight is 375 g/mol. The van der Waals surface area contributed by atoms with E-state index in [4.69, 9.17) is 0 Å². The highest BCUT2D eigenvalue weighted by molar-refractivity contribution is 7.89. The summed E-state index contributed by atoms with van der Waals surface area (Å²) in [6, 6.07) is 15.3. The van der Waals surface area contributed by atoms with Crippen LogP contribution in [0, 0.1) is 0 Å². The standard InChI is InChI=1S/C19H25N3O3S/c1-22(2)13-7-12-20-19(23)17-10-6-11-18(14-17)26(24,25)21-15-16-8-4-3-5-9-16/h3-6,8-11,14,21H,7,12-13,15H2,1-2H3,(H,20,23). The number of hydrogen-bond acceptors (Lipinski definition) is 4. The van der Waals surface area contributed by atoms with Crippen LogP contribution >= 0.6 is 0 Å². The minimum absolute atomic E-state index is 0.0781. The molecule has 0 saturated carbocycles. The predicted octanol–water partition coefficient (Wildman–Crippen LogP) is 1.85. The monoisotopic (exact) mass is 375 g/mol. The summed E-state index contributed by atoms with van der Waals surface area (Å²) < 4.78 is 27.5. The minimum Gasteiger partial charge on any atom is -0.352 e. The lowest BCUT2D eigenvalue weighted by Crippen LogP contribution is -2.28. The number of carbonyl (C=O) groups excluding carboxylic acids is 1. The minimum atomic E-state index is -3.69. The van der Waals surface area contributed by atoms with E-state index in [2.05, 4.69) is 10.0 Å². The summed E-state index contributed by atoms with van der Waals surface area (Å²) in [4.78, 5) is 14.3. The van der Waals surface area contributed by atoms with Gasteiger partial charge in [0.1, 0.15) is 0 Å². The molecule has 0 aliphatic carbocycles. The molecule has 6 nitrogen and oxygen atoms in total. The largest absolute Gasteiger partial charge is 0.352 e. The number of hydrogen-bond donors (Lipinski definition) is 2. The SMILES string of the molecule is CN(C)CCCNC(=O)c1cccc(S(=O)(=O)NCc2ccccc2)c1. The van der Waals surface area contributed by atoms with Crippen molar-refractivity contribution in [2.75, 3.05) is 27.2 Å². The number of amides is 1. The molecule has 0 radical (unpaired) electrons. The molecule has 0 aliphatic rings. The van der Waals surface area contributed by atoms with Crippen molar-refractivity contribution in [3.05, 3.63) is 65.7 Å². The van der Waals surface area contributed by atoms with E-state index >= 15 is 0 Å². The first-order chi connectivity index (χ1) is 12.4. The van der Waals surface area contributed by atoms with E-state index in [-0.39, 0.29) is 17.3 Å². The maximum absolute atomic E-state index is 12.5. The molecule has 26 heavy (non-hydrogen) atoms. The molecule has 0 atom stereocenters. The fourth-order valence-corrected chi connectivity index (χ4v) is 3.42. The summed E-state index contributed by atoms with van der Waals surface area (Å²) in [5.74, 6) is -0.274. The second kappa shape index (κ2) is 9.47. The van der Waals surface area contributed by atoms with Crippen molar-refractivity contribution < 1.29 is 13.2 Å². The molecule has 0 spiro atoms. The first kappa shape index (κ1) is 20.1. The molecule has 2 aromatic rings. The predicted molar refractivity (Wildman–Crippen MR) is 102 cm³/mol. The number of carbonyl (C=O) groups is 1. The van der Waals surface area contributed by atoms with Gasteiger partial charge < -0.3 is 10.2 Å². The quantitative estimate of drug-likeness (QED) is 0.656. The lowest BCUT2D eigenvalue weighted by molar-refractivity contribution is 0.0952. The van der Waals surface area contributed by atoms with Crippen LogP contribution in [-0.2, 0) is 16.6 Å². The molecule has 1 amide bonds. The Kier molecular flexibility index (Phi) is 7.32. The fourth-order valence-electron chi connectivity index (χ4n) is 2.36. The van der Waals surface area contributed by atoms with Crippen molar-refractivity contribution >= 4 is 15.9 Å². The van der Waals surface area contributed by atoms with Gasteiger partial charge in [-0.15, -0.1) is 0 Å². The lowest BCUT2D eigenvalue weighted by atomic mass is 10.2. The molecular formula is C19H25N3O3S. The van der Waals surface area contributed by atoms with Gasteiger partial charge in [0, 0.05) is 18.7 Å². The third-order valence-electron chi connectivity index (χ3n) is 3.78. The Morgan fingerprint density at radius 1 is 1.04 bits per heavy atom. The molecule has 0 unspecified atom stereocenters. The van der Waals surface area contributed by atoms with E-state index in [0.717, 1.165) is 18.5 Å². The third-order valence-corrected chi connectivity index (χ3v) is 5.18. The lowest BCUT2D eigenvalue weighted by Gasteiger charge is -2.11. The van der Waals surface area contributed by atoms with Crippen LogP contribution in [0.2, 0.25) is 0 Å². The molecule has 0 saturated heterocycles. The van der Waals surface area contributed by atoms with Gasteiger partial charge >= 0.3 is 0 Å². The highest BCUT2D eigenvalue weighted by Gasteiger charge is 2.16. The van der Waals surface area contributed by atoms with Crippen LogP contribution in [0.25, 0.3) is 0 Å². The Morgan fingerprint density at radius 2 is 1.77 bits per heavy atom. The van der Waals surface area contributed by atoms with Crippen LogP contribution in [0.15, 0.2) is 59.5 Å². The summed E-state index contributed by atoms with van der Waals surface area (Å²) in [6.07, 6.45) is 0.829. The Balaban J connectivity index is 1.99. The van der Waals surface area contributed by atoms with Crippen LogP contribution in [-0.4, -0.2) is 46.4 Å². The van der Waals surface area contributed by atoms with Gasteiger partial charge in [0.25, 0.3) is 5.91 Å². The van der Waals surface area contributed by atoms with Crippen molar-refractivity contribution in [2.45, 2.75) is 17.9 Å². The Morgan fingerprint density at radius 3 is 2.46 bits per heavy atom. The first-order valence-electron chi connectivity index (χ1n) is 8.45. The maximum atomic E-state index is 12.5. The zero-order valence-electron chi connectivity index (χ0n) is 15.1. The molecule has 0 aliphatic heterocycles. The second-order valence-corrected chi connectivity index (χ2v) is 8.02. The van der Waals surface area contributed by atoms with Crippen molar-refractivity contribution in [3.8, 4) is 0 Å². The van der Waals surface area contributed by atoms with Crippen molar-refractivity contribution in [2.24, 2.45) is 0 Å². The normalized spacial score (nSPS) is 11.5. The van der Waals surface area contributed by atoms with Crippen LogP contribution in [0.4, 0.5) is 0 Å². The summed E-state index contributed by atoms with van der Waals surface area (Å²) in [5, 5.41) is 2.81. The van der Waals surface area contributed by atoms with Crippen LogP contribution in [0.1, 0.15) is 22.3 Å². The van der Waals surface area contributed by atoms with Crippen molar-refractivity contribution in [1.29, 1.82) is 0 Å². The smallest absolute Gasteiger partial charge is 0.251 e. The summed E-state index contributed by atoms with van der Waals surface area (Å²) in [7, 11) is 0.254. The van der Waals surface area contributed by atoms with Gasteiger partial charge in [0.2, 0.25) is 10.0 Å². The number of rotatable bonds is 9. The van der Waals surface area contributed by atoms with Gasteiger partial charge in [-0.05, 0) is 50.8 Å². The van der Waals surface area contributed by atoms with Gasteiger partial charge in [-0.25, -0.2) is 13.1 Å². The summed E-state index contributed by atoms with van der Waals surface area (Å²) in [5.41, 5.74) is 1.20. The van der Waals surface area contributed by atoms with E-state index in [1.54, 1.807) is 12.1 Å². The number of benzene rings is 2. The fraction of sp³-hybridized carbons (Fsp3) is 0.316. The van der Waals surface area contributed by atoms with Gasteiger partial charge in [-0.1, -0.05) is 36.4 Å². The van der Waals surface area contributed by atoms with Gasteiger partial charge in [0.15, 0.2) is 0 Å². The zero-order valence-corrected chi connectivity index (χ0v) is 15.9. The molecule has 2 rings (SSSR count). The topological polar surface area (TPSA) is 78.5 Å². The van der Waals surface area contributed by atoms with Crippen LogP contribution in [0.5, 0.6) is 0 Å². The first-order valence-corrected chi connectivity index (χ1v) is 9.93. The molecule has 0 heterocycles. The molecular weight excluding hydrogens is 350 g/mol. The van der Waals surface area contributed by atoms with Crippen LogP contribution in [0.3, 0.4) is 0 Å². The maximum Gasteiger partial charge on any atom is 0.251 e. The Hall–Kier alpha value is -2.22. The van der Waals surface area contributed by atoms with Gasteiger partial charge in [-0.2, -0.15) is 0 Å². The highest BCUT2D eigenvalue weighted by Crippen LogP contribution is 2.12. The number of sulfonamides is 1. The van der Waals surface area contributed by atoms with E-state index in [1.165, 1.54) is 12.1 Å². The Labute approximate surface area is 155 Å². The highest BCUT2D eigenvalue weighted by atomic mass is 32.2. The number of nitrogens with zero attached hydrogens (tertiary/aromatic N) is 1. The number of nitrogens with one attached hydrogen (secondary N) is 2. The van der Waals surface area contributed by atoms with E-state index in [0.29, 0.717) is 12.1 Å². The molecule has 0 bridgehead atoms. The summed E-state index contributed by atoms with van der Waals surface area (Å²) >= 11 is 0. The molecule has 0 aromatic heterocycles. The molecule has 140 valence electrons. The molecule has 2 N–H and O–H groups in total. The molecule has 0 fully saturated rings. The van der Waals surface area contributed by atoms with Crippen molar-refractivity contribution in [1.82, 2.24) is 14.9 Å². The van der Waals surface area contributed by atoms with Crippen molar-refractivity contribution in [3.63, 3.8) is 0 Å². The van der Waals surface area contributed by atoms with Crippen LogP contribution < -0.4 is 10.0 Å². The van der Waals surface area contributed by atoms with E-state index in [1.807, 2.05) is 49.3 Å². The molecule has 7 heteroatoms. The van der Waals surface area contributed by atoms with Gasteiger partial charge in [-0.3, -0.25) is 4.79 Å². The average Bonchev–Trinajstić information content (AvgIpc) is 2.64. The van der Waals surface area contributed by atoms with E-state index in [9.17, 15) is 13.2 Å². The molecule has 2 aromatic carbocycles. The van der Waals surface area contributed by atoms with Gasteiger partial charge in [0.05, 0.1) is 4.90 Å². The van der Waals surface area contributed by atoms with E-state index < -0.39 is 10.0 Å². The summed E-state index contributed by atoms with van der Waals surface area (Å²) in [6.45, 7) is 1.61. The third kappa shape index (κ3) is 6.25.